The van der Waals surface area contributed by atoms with Crippen LogP contribution in [-0.4, -0.2) is 68.3 Å². The monoisotopic (exact) mass is 346 g/mol. The summed E-state index contributed by atoms with van der Waals surface area (Å²) in [7, 11) is 0. The zero-order valence-corrected chi connectivity index (χ0v) is 15.1. The largest absolute Gasteiger partial charge is 0.379 e. The van der Waals surface area contributed by atoms with Crippen LogP contribution in [0.3, 0.4) is 0 Å². The van der Waals surface area contributed by atoms with Crippen molar-refractivity contribution in [2.45, 2.75) is 32.1 Å². The first-order valence-corrected chi connectivity index (χ1v) is 9.63. The molecule has 3 rings (SSSR count). The highest BCUT2D eigenvalue weighted by atomic mass is 16.5. The number of pyridine rings is 1. The second-order valence-corrected chi connectivity index (χ2v) is 6.84. The number of nitrogens with one attached hydrogen (secondary N) is 1. The molecular weight excluding hydrogens is 316 g/mol. The maximum atomic E-state index is 12.6. The van der Waals surface area contributed by atoms with Crippen molar-refractivity contribution in [2.75, 3.05) is 57.4 Å². The zero-order valence-electron chi connectivity index (χ0n) is 15.1. The third-order valence-electron chi connectivity index (χ3n) is 4.98. The van der Waals surface area contributed by atoms with Gasteiger partial charge < -0.3 is 15.0 Å². The quantitative estimate of drug-likeness (QED) is 0.798. The van der Waals surface area contributed by atoms with Gasteiger partial charge in [-0.2, -0.15) is 0 Å². The Bertz CT molecular complexity index is 538. The van der Waals surface area contributed by atoms with Crippen LogP contribution < -0.4 is 10.2 Å². The van der Waals surface area contributed by atoms with Crippen molar-refractivity contribution in [3.8, 4) is 0 Å². The maximum absolute atomic E-state index is 12.6. The molecule has 0 spiro atoms. The average Bonchev–Trinajstić information content (AvgIpc) is 2.95. The molecule has 25 heavy (non-hydrogen) atoms. The second kappa shape index (κ2) is 9.73. The number of hydrogen-bond donors (Lipinski definition) is 1. The van der Waals surface area contributed by atoms with E-state index >= 15 is 0 Å². The lowest BCUT2D eigenvalue weighted by Gasteiger charge is -2.26. The fourth-order valence-corrected chi connectivity index (χ4v) is 3.53. The molecule has 1 aromatic rings. The zero-order chi connectivity index (χ0) is 17.3. The summed E-state index contributed by atoms with van der Waals surface area (Å²) in [5.74, 6) is 0.837. The van der Waals surface area contributed by atoms with Crippen LogP contribution in [0.4, 0.5) is 5.82 Å². The molecule has 0 saturated carbocycles. The number of hydrogen-bond acceptors (Lipinski definition) is 5. The Balaban J connectivity index is 1.51. The Morgan fingerprint density at radius 3 is 2.64 bits per heavy atom. The van der Waals surface area contributed by atoms with Gasteiger partial charge >= 0.3 is 0 Å². The third-order valence-corrected chi connectivity index (χ3v) is 4.98. The first-order valence-electron chi connectivity index (χ1n) is 9.63. The summed E-state index contributed by atoms with van der Waals surface area (Å²) < 4.78 is 5.36. The molecular formula is C19H30N4O2. The Hall–Kier alpha value is -1.66. The van der Waals surface area contributed by atoms with Crippen LogP contribution in [0, 0.1) is 0 Å². The number of ether oxygens (including phenoxy) is 1. The van der Waals surface area contributed by atoms with E-state index < -0.39 is 0 Å². The van der Waals surface area contributed by atoms with Crippen molar-refractivity contribution in [1.29, 1.82) is 0 Å². The normalized spacial score (nSPS) is 19.4. The molecule has 0 atom stereocenters. The van der Waals surface area contributed by atoms with E-state index in [1.165, 1.54) is 25.7 Å². The lowest BCUT2D eigenvalue weighted by atomic mass is 10.2. The molecule has 6 nitrogen and oxygen atoms in total. The minimum atomic E-state index is -0.00526. The lowest BCUT2D eigenvalue weighted by molar-refractivity contribution is 0.0374. The molecule has 2 saturated heterocycles. The molecule has 3 heterocycles. The van der Waals surface area contributed by atoms with Crippen LogP contribution in [0.15, 0.2) is 18.3 Å². The Kier molecular flexibility index (Phi) is 7.06. The number of morpholine rings is 1. The van der Waals surface area contributed by atoms with Crippen LogP contribution in [0.5, 0.6) is 0 Å². The van der Waals surface area contributed by atoms with E-state index in [1.807, 2.05) is 12.1 Å². The highest BCUT2D eigenvalue weighted by molar-refractivity contribution is 5.98. The molecule has 6 heteroatoms. The number of carbonyl (C=O) groups excluding carboxylic acids is 1. The maximum Gasteiger partial charge on any atom is 0.255 e. The number of amides is 1. The van der Waals surface area contributed by atoms with Crippen molar-refractivity contribution < 1.29 is 9.53 Å². The van der Waals surface area contributed by atoms with Crippen molar-refractivity contribution in [2.24, 2.45) is 0 Å². The smallest absolute Gasteiger partial charge is 0.255 e. The highest BCUT2D eigenvalue weighted by Crippen LogP contribution is 2.21. The molecule has 2 fully saturated rings. The van der Waals surface area contributed by atoms with Crippen molar-refractivity contribution in [3.05, 3.63) is 23.9 Å². The van der Waals surface area contributed by atoms with Gasteiger partial charge in [0.1, 0.15) is 5.82 Å². The van der Waals surface area contributed by atoms with E-state index in [2.05, 4.69) is 20.1 Å². The van der Waals surface area contributed by atoms with Crippen LogP contribution in [0.2, 0.25) is 0 Å². The second-order valence-electron chi connectivity index (χ2n) is 6.84. The van der Waals surface area contributed by atoms with Gasteiger partial charge in [0.05, 0.1) is 18.8 Å². The molecule has 2 aliphatic rings. The topological polar surface area (TPSA) is 57.7 Å². The van der Waals surface area contributed by atoms with Crippen LogP contribution in [-0.2, 0) is 4.74 Å². The van der Waals surface area contributed by atoms with E-state index in [1.54, 1.807) is 6.20 Å². The molecule has 0 bridgehead atoms. The van der Waals surface area contributed by atoms with Crippen LogP contribution in [0.25, 0.3) is 0 Å². The number of anilines is 1. The molecule has 1 aromatic heterocycles. The Labute approximate surface area is 150 Å². The summed E-state index contributed by atoms with van der Waals surface area (Å²) >= 11 is 0. The van der Waals surface area contributed by atoms with Gasteiger partial charge in [-0.25, -0.2) is 4.98 Å². The molecule has 1 amide bonds. The summed E-state index contributed by atoms with van der Waals surface area (Å²) in [6.07, 6.45) is 7.65. The van der Waals surface area contributed by atoms with Gasteiger partial charge in [-0.05, 0) is 37.9 Å². The summed E-state index contributed by atoms with van der Waals surface area (Å²) in [6, 6.07) is 3.74. The number of carbonyl (C=O) groups is 1. The van der Waals surface area contributed by atoms with E-state index in [-0.39, 0.29) is 5.91 Å². The van der Waals surface area contributed by atoms with Crippen LogP contribution in [0.1, 0.15) is 42.5 Å². The van der Waals surface area contributed by atoms with Gasteiger partial charge in [-0.3, -0.25) is 9.69 Å². The molecule has 0 aliphatic carbocycles. The highest BCUT2D eigenvalue weighted by Gasteiger charge is 2.18. The number of rotatable bonds is 6. The fraction of sp³-hybridized carbons (Fsp3) is 0.684. The Morgan fingerprint density at radius 1 is 1.12 bits per heavy atom. The van der Waals surface area contributed by atoms with E-state index in [9.17, 15) is 4.79 Å². The molecule has 0 aromatic carbocycles. The molecule has 0 radical (unpaired) electrons. The molecule has 2 aliphatic heterocycles. The lowest BCUT2D eigenvalue weighted by Crippen LogP contribution is -2.38. The first kappa shape index (κ1) is 18.1. The summed E-state index contributed by atoms with van der Waals surface area (Å²) in [5, 5.41) is 3.07. The van der Waals surface area contributed by atoms with E-state index in [0.29, 0.717) is 12.1 Å². The predicted molar refractivity (Wildman–Crippen MR) is 99.1 cm³/mol. The van der Waals surface area contributed by atoms with Gasteiger partial charge in [-0.15, -0.1) is 0 Å². The summed E-state index contributed by atoms with van der Waals surface area (Å²) in [5.41, 5.74) is 0.704. The van der Waals surface area contributed by atoms with Crippen LogP contribution >= 0.6 is 0 Å². The van der Waals surface area contributed by atoms with Gasteiger partial charge in [0.2, 0.25) is 0 Å². The van der Waals surface area contributed by atoms with Crippen molar-refractivity contribution >= 4 is 11.7 Å². The standard InChI is InChI=1S/C19H30N4O2/c24-19(21-9-6-10-22-13-15-25-16-14-22)17-7-5-8-20-18(17)23-11-3-1-2-4-12-23/h5,7-8H,1-4,6,9-16H2,(H,21,24). The average molecular weight is 346 g/mol. The van der Waals surface area contributed by atoms with Gasteiger partial charge in [0.15, 0.2) is 0 Å². The molecule has 1 N–H and O–H groups in total. The fourth-order valence-electron chi connectivity index (χ4n) is 3.53. The number of aromatic nitrogens is 1. The third kappa shape index (κ3) is 5.41. The van der Waals surface area contributed by atoms with E-state index in [0.717, 1.165) is 58.2 Å². The minimum Gasteiger partial charge on any atom is -0.379 e. The van der Waals surface area contributed by atoms with Crippen molar-refractivity contribution in [1.82, 2.24) is 15.2 Å². The summed E-state index contributed by atoms with van der Waals surface area (Å²) in [4.78, 5) is 21.8. The van der Waals surface area contributed by atoms with Gasteiger partial charge in [-0.1, -0.05) is 12.8 Å². The van der Waals surface area contributed by atoms with Gasteiger partial charge in [0.25, 0.3) is 5.91 Å². The summed E-state index contributed by atoms with van der Waals surface area (Å²) in [6.45, 7) is 7.33. The van der Waals surface area contributed by atoms with Crippen molar-refractivity contribution in [3.63, 3.8) is 0 Å². The predicted octanol–water partition coefficient (Wildman–Crippen LogP) is 1.91. The first-order chi connectivity index (χ1) is 12.3. The minimum absolute atomic E-state index is 0.00526. The SMILES string of the molecule is O=C(NCCCN1CCOCC1)c1cccnc1N1CCCCCC1. The molecule has 0 unspecified atom stereocenters. The number of nitrogens with zero attached hydrogens (tertiary/aromatic N) is 3. The van der Waals surface area contributed by atoms with E-state index in [4.69, 9.17) is 4.74 Å². The Morgan fingerprint density at radius 2 is 1.88 bits per heavy atom. The van der Waals surface area contributed by atoms with Gasteiger partial charge in [0, 0.05) is 38.9 Å². The molecule has 138 valence electrons.